The predicted molar refractivity (Wildman–Crippen MR) is 128 cm³/mol. The second-order valence-corrected chi connectivity index (χ2v) is 9.10. The molecule has 0 atom stereocenters. The molecule has 1 fully saturated rings. The molecular formula is C24H32ClF2N5O. The summed E-state index contributed by atoms with van der Waals surface area (Å²) in [6.07, 6.45) is 8.33. The average Bonchev–Trinajstić information content (AvgIpc) is 2.79. The second-order valence-electron chi connectivity index (χ2n) is 9.10. The minimum Gasteiger partial charge on any atom is -0.362 e. The predicted octanol–water partition coefficient (Wildman–Crippen LogP) is 4.52. The van der Waals surface area contributed by atoms with Gasteiger partial charge in [-0.25, -0.2) is 13.8 Å². The Morgan fingerprint density at radius 1 is 1.06 bits per heavy atom. The van der Waals surface area contributed by atoms with Crippen LogP contribution in [0.1, 0.15) is 60.1 Å². The van der Waals surface area contributed by atoms with Crippen LogP contribution in [0.4, 0.5) is 20.5 Å². The van der Waals surface area contributed by atoms with Gasteiger partial charge in [-0.05, 0) is 75.5 Å². The number of halogens is 3. The van der Waals surface area contributed by atoms with E-state index in [4.69, 9.17) is 9.97 Å². The van der Waals surface area contributed by atoms with Crippen molar-refractivity contribution in [1.82, 2.24) is 15.3 Å². The number of nitrogens with one attached hydrogen (secondary N) is 2. The zero-order chi connectivity index (χ0) is 22.7. The van der Waals surface area contributed by atoms with Crippen LogP contribution in [0.5, 0.6) is 0 Å². The number of fused-ring (bicyclic) bond motifs is 1. The third-order valence-electron chi connectivity index (χ3n) is 6.50. The van der Waals surface area contributed by atoms with E-state index in [0.717, 1.165) is 56.5 Å². The van der Waals surface area contributed by atoms with Gasteiger partial charge in [0.05, 0.1) is 5.69 Å². The van der Waals surface area contributed by atoms with Crippen molar-refractivity contribution in [2.24, 2.45) is 5.92 Å². The van der Waals surface area contributed by atoms with Gasteiger partial charge in [-0.3, -0.25) is 4.79 Å². The Bertz CT molecular complexity index is 980. The lowest BCUT2D eigenvalue weighted by atomic mass is 9.86. The summed E-state index contributed by atoms with van der Waals surface area (Å²) in [5.74, 6) is -0.235. The zero-order valence-corrected chi connectivity index (χ0v) is 20.0. The second kappa shape index (κ2) is 11.1. The Kier molecular flexibility index (Phi) is 8.46. The maximum Gasteiger partial charge on any atom is 0.251 e. The van der Waals surface area contributed by atoms with Crippen LogP contribution >= 0.6 is 12.4 Å². The van der Waals surface area contributed by atoms with Gasteiger partial charge in [0.15, 0.2) is 11.6 Å². The molecule has 0 bridgehead atoms. The van der Waals surface area contributed by atoms with Crippen LogP contribution in [0.15, 0.2) is 18.2 Å². The monoisotopic (exact) mass is 479 g/mol. The highest BCUT2D eigenvalue weighted by atomic mass is 35.5. The van der Waals surface area contributed by atoms with Crippen LogP contribution in [0.25, 0.3) is 0 Å². The van der Waals surface area contributed by atoms with E-state index in [2.05, 4.69) is 15.5 Å². The molecule has 1 amide bonds. The highest BCUT2D eigenvalue weighted by Crippen LogP contribution is 2.30. The smallest absolute Gasteiger partial charge is 0.251 e. The number of carbonyl (C=O) groups excluding carboxylic acids is 1. The van der Waals surface area contributed by atoms with E-state index in [0.29, 0.717) is 24.5 Å². The van der Waals surface area contributed by atoms with Gasteiger partial charge >= 0.3 is 0 Å². The lowest BCUT2D eigenvalue weighted by Crippen LogP contribution is -2.34. The Hall–Kier alpha value is -2.48. The van der Waals surface area contributed by atoms with Gasteiger partial charge in [-0.2, -0.15) is 4.98 Å². The highest BCUT2D eigenvalue weighted by Gasteiger charge is 2.24. The van der Waals surface area contributed by atoms with Gasteiger partial charge in [-0.1, -0.05) is 0 Å². The van der Waals surface area contributed by atoms with Crippen LogP contribution < -0.4 is 15.5 Å². The Morgan fingerprint density at radius 3 is 2.48 bits per heavy atom. The molecule has 9 heteroatoms. The van der Waals surface area contributed by atoms with Crippen molar-refractivity contribution < 1.29 is 13.6 Å². The first kappa shape index (κ1) is 25.1. The molecule has 6 nitrogen and oxygen atoms in total. The lowest BCUT2D eigenvalue weighted by molar-refractivity contribution is 0.0942. The van der Waals surface area contributed by atoms with Gasteiger partial charge in [0.2, 0.25) is 5.95 Å². The summed E-state index contributed by atoms with van der Waals surface area (Å²) in [6, 6.07) is 3.53. The first-order valence-corrected chi connectivity index (χ1v) is 11.5. The summed E-state index contributed by atoms with van der Waals surface area (Å²) in [4.78, 5) is 23.9. The van der Waals surface area contributed by atoms with Gasteiger partial charge < -0.3 is 15.5 Å². The number of aromatic nitrogens is 2. The largest absolute Gasteiger partial charge is 0.362 e. The Balaban J connectivity index is 0.00000306. The van der Waals surface area contributed by atoms with Gasteiger partial charge in [0, 0.05) is 37.8 Å². The van der Waals surface area contributed by atoms with Crippen LogP contribution in [-0.2, 0) is 12.8 Å². The molecule has 33 heavy (non-hydrogen) atoms. The van der Waals surface area contributed by atoms with Crippen molar-refractivity contribution in [3.8, 4) is 0 Å². The molecular weight excluding hydrogens is 448 g/mol. The van der Waals surface area contributed by atoms with Crippen molar-refractivity contribution in [3.05, 3.63) is 46.7 Å². The summed E-state index contributed by atoms with van der Waals surface area (Å²) >= 11 is 0. The molecule has 1 saturated carbocycles. The van der Waals surface area contributed by atoms with Crippen LogP contribution in [0, 0.1) is 17.6 Å². The van der Waals surface area contributed by atoms with Crippen molar-refractivity contribution in [2.75, 3.05) is 30.9 Å². The molecule has 2 aliphatic rings. The normalized spacial score (nSPS) is 19.8. The number of amides is 1. The summed E-state index contributed by atoms with van der Waals surface area (Å²) in [7, 11) is 4.06. The third kappa shape index (κ3) is 6.10. The van der Waals surface area contributed by atoms with Crippen molar-refractivity contribution in [1.29, 1.82) is 0 Å². The minimum absolute atomic E-state index is 0. The van der Waals surface area contributed by atoms with Crippen molar-refractivity contribution >= 4 is 30.1 Å². The molecule has 1 aromatic carbocycles. The number of hydrogen-bond donors (Lipinski definition) is 2. The van der Waals surface area contributed by atoms with Gasteiger partial charge in [0.25, 0.3) is 5.91 Å². The molecule has 0 spiro atoms. The number of rotatable bonds is 6. The zero-order valence-electron chi connectivity index (χ0n) is 19.2. The van der Waals surface area contributed by atoms with E-state index in [1.807, 2.05) is 14.1 Å². The molecule has 1 heterocycles. The van der Waals surface area contributed by atoms with Crippen LogP contribution in [-0.4, -0.2) is 42.6 Å². The topological polar surface area (TPSA) is 70.2 Å². The number of carbonyl (C=O) groups is 1. The molecule has 0 aliphatic heterocycles. The summed E-state index contributed by atoms with van der Waals surface area (Å²) in [6.45, 7) is 0.532. The molecule has 1 aromatic heterocycles. The molecule has 0 saturated heterocycles. The van der Waals surface area contributed by atoms with Crippen molar-refractivity contribution in [3.63, 3.8) is 0 Å². The molecule has 2 aromatic rings. The quantitative estimate of drug-likeness (QED) is 0.637. The third-order valence-corrected chi connectivity index (χ3v) is 6.50. The van der Waals surface area contributed by atoms with E-state index >= 15 is 0 Å². The maximum absolute atomic E-state index is 13.3. The van der Waals surface area contributed by atoms with Crippen molar-refractivity contribution in [2.45, 2.75) is 57.4 Å². The first-order valence-electron chi connectivity index (χ1n) is 11.5. The van der Waals surface area contributed by atoms with E-state index in [1.54, 1.807) is 0 Å². The van der Waals surface area contributed by atoms with E-state index < -0.39 is 11.6 Å². The lowest BCUT2D eigenvalue weighted by Gasteiger charge is -2.30. The van der Waals surface area contributed by atoms with Crippen LogP contribution in [0.2, 0.25) is 0 Å². The molecule has 0 unspecified atom stereocenters. The maximum atomic E-state index is 13.3. The summed E-state index contributed by atoms with van der Waals surface area (Å²) in [5, 5.41) is 6.39. The van der Waals surface area contributed by atoms with Crippen LogP contribution in [0.3, 0.4) is 0 Å². The molecule has 0 radical (unpaired) electrons. The molecule has 2 aliphatic carbocycles. The standard InChI is InChI=1S/C24H31F2N5O.ClH/c1-31(2)22-18-5-3-4-6-21(18)29-24(30-22)28-17-10-7-15(8-11-17)14-27-23(32)16-9-12-19(25)20(26)13-16;/h9,12-13,15,17H,3-8,10-11,14H2,1-2H3,(H,27,32)(H,28,29,30);1H/t15-,17+;. The number of nitrogens with zero attached hydrogens (tertiary/aromatic N) is 3. The number of benzene rings is 1. The fraction of sp³-hybridized carbons (Fsp3) is 0.542. The first-order chi connectivity index (χ1) is 15.4. The molecule has 2 N–H and O–H groups in total. The number of anilines is 2. The van der Waals surface area contributed by atoms with Gasteiger partial charge in [-0.15, -0.1) is 12.4 Å². The molecule has 180 valence electrons. The van der Waals surface area contributed by atoms with E-state index in [1.165, 1.54) is 30.2 Å². The SMILES string of the molecule is CN(C)c1nc(N[C@H]2CC[C@@H](CNC(=O)c3ccc(F)c(F)c3)CC2)nc2c1CCCC2.Cl. The molecule has 4 rings (SSSR count). The van der Waals surface area contributed by atoms with E-state index in [-0.39, 0.29) is 23.9 Å². The summed E-state index contributed by atoms with van der Waals surface area (Å²) in [5.41, 5.74) is 2.60. The fourth-order valence-electron chi connectivity index (χ4n) is 4.68. The number of hydrogen-bond acceptors (Lipinski definition) is 5. The Morgan fingerprint density at radius 2 is 1.79 bits per heavy atom. The number of aryl methyl sites for hydroxylation is 1. The van der Waals surface area contributed by atoms with E-state index in [9.17, 15) is 13.6 Å². The minimum atomic E-state index is -1.01. The Labute approximate surface area is 200 Å². The fourth-order valence-corrected chi connectivity index (χ4v) is 4.68. The van der Waals surface area contributed by atoms with Gasteiger partial charge in [0.1, 0.15) is 5.82 Å². The average molecular weight is 480 g/mol. The highest BCUT2D eigenvalue weighted by molar-refractivity contribution is 5.94. The summed E-state index contributed by atoms with van der Waals surface area (Å²) < 4.78 is 26.4.